The zero-order chi connectivity index (χ0) is 33.5. The summed E-state index contributed by atoms with van der Waals surface area (Å²) in [6, 6.07) is 29.3. The van der Waals surface area contributed by atoms with Gasteiger partial charge in [-0.1, -0.05) is 78.4 Å². The van der Waals surface area contributed by atoms with Gasteiger partial charge in [0.2, 0.25) is 11.8 Å². The molecule has 4 aromatic rings. The van der Waals surface area contributed by atoms with E-state index in [2.05, 4.69) is 21.2 Å². The third kappa shape index (κ3) is 8.98. The molecule has 1 N–H and O–H groups in total. The molecule has 0 radical (unpaired) electrons. The lowest BCUT2D eigenvalue weighted by atomic mass is 10.0. The average Bonchev–Trinajstić information content (AvgIpc) is 3.02. The third-order valence-electron chi connectivity index (χ3n) is 7.28. The van der Waals surface area contributed by atoms with Gasteiger partial charge in [0.1, 0.15) is 18.3 Å². The van der Waals surface area contributed by atoms with E-state index >= 15 is 0 Å². The van der Waals surface area contributed by atoms with Gasteiger partial charge >= 0.3 is 0 Å². The number of halogens is 1. The Kier molecular flexibility index (Phi) is 11.3. The summed E-state index contributed by atoms with van der Waals surface area (Å²) in [7, 11) is -2.76. The second kappa shape index (κ2) is 15.0. The number of amides is 2. The van der Waals surface area contributed by atoms with Gasteiger partial charge in [0.25, 0.3) is 10.0 Å². The third-order valence-corrected chi connectivity index (χ3v) is 9.67. The Balaban J connectivity index is 1.81. The number of methoxy groups -OCH3 is 1. The monoisotopic (exact) mass is 705 g/mol. The standard InChI is InChI=1S/C36H40BrN3O5S/c1-26-16-18-29(19-17-26)40(46(43,44)30-20-21-33(45-5)31(37)23-30)25-34(41)39(24-28-14-10-7-11-15-28)32(35(42)38-36(2,3)4)22-27-12-8-6-9-13-27/h6-21,23,32H,22,24-25H2,1-5H3,(H,38,42)/t32-/m1/s1. The van der Waals surface area contributed by atoms with Crippen molar-refractivity contribution in [3.8, 4) is 5.75 Å². The molecule has 8 nitrogen and oxygen atoms in total. The molecule has 4 rings (SSSR count). The number of nitrogens with zero attached hydrogens (tertiary/aromatic N) is 2. The number of rotatable bonds is 12. The van der Waals surface area contributed by atoms with E-state index in [9.17, 15) is 18.0 Å². The van der Waals surface area contributed by atoms with Gasteiger partial charge in [0.05, 0.1) is 22.2 Å². The maximum Gasteiger partial charge on any atom is 0.264 e. The summed E-state index contributed by atoms with van der Waals surface area (Å²) in [5.41, 5.74) is 2.37. The van der Waals surface area contributed by atoms with Crippen molar-refractivity contribution in [2.75, 3.05) is 18.0 Å². The lowest BCUT2D eigenvalue weighted by molar-refractivity contribution is -0.140. The van der Waals surface area contributed by atoms with Gasteiger partial charge in [-0.25, -0.2) is 8.42 Å². The van der Waals surface area contributed by atoms with Crippen LogP contribution in [0.2, 0.25) is 0 Å². The largest absolute Gasteiger partial charge is 0.496 e. The molecule has 0 spiro atoms. The maximum absolute atomic E-state index is 14.6. The van der Waals surface area contributed by atoms with E-state index in [-0.39, 0.29) is 23.8 Å². The number of carbonyl (C=O) groups is 2. The van der Waals surface area contributed by atoms with Crippen LogP contribution in [0.5, 0.6) is 5.75 Å². The van der Waals surface area contributed by atoms with Crippen LogP contribution in [0.15, 0.2) is 112 Å². The summed E-state index contributed by atoms with van der Waals surface area (Å²) in [6.07, 6.45) is 0.240. The predicted molar refractivity (Wildman–Crippen MR) is 185 cm³/mol. The Labute approximate surface area is 280 Å². The topological polar surface area (TPSA) is 96.0 Å². The lowest BCUT2D eigenvalue weighted by Gasteiger charge is -2.35. The van der Waals surface area contributed by atoms with Gasteiger partial charge in [-0.05, 0) is 85.1 Å². The van der Waals surface area contributed by atoms with E-state index in [0.29, 0.717) is 15.9 Å². The SMILES string of the molecule is COc1ccc(S(=O)(=O)N(CC(=O)N(Cc2ccccc2)[C@H](Cc2ccccc2)C(=O)NC(C)(C)C)c2ccc(C)cc2)cc1Br. The number of carbonyl (C=O) groups excluding carboxylic acids is 2. The van der Waals surface area contributed by atoms with Crippen molar-refractivity contribution < 1.29 is 22.7 Å². The van der Waals surface area contributed by atoms with Gasteiger partial charge in [-0.2, -0.15) is 0 Å². The van der Waals surface area contributed by atoms with Crippen LogP contribution < -0.4 is 14.4 Å². The number of anilines is 1. The molecule has 0 saturated carbocycles. The normalized spacial score (nSPS) is 12.2. The lowest BCUT2D eigenvalue weighted by Crippen LogP contribution is -2.56. The van der Waals surface area contributed by atoms with Crippen LogP contribution in [-0.4, -0.2) is 50.4 Å². The summed E-state index contributed by atoms with van der Waals surface area (Å²) in [4.78, 5) is 30.0. The molecule has 0 aliphatic heterocycles. The summed E-state index contributed by atoms with van der Waals surface area (Å²) in [5.74, 6) is -0.380. The first kappa shape index (κ1) is 34.7. The molecule has 0 fully saturated rings. The quantitative estimate of drug-likeness (QED) is 0.181. The molecule has 2 amide bonds. The van der Waals surface area contributed by atoms with Crippen molar-refractivity contribution in [2.45, 2.75) is 57.1 Å². The molecule has 0 aliphatic carbocycles. The van der Waals surface area contributed by atoms with Crippen molar-refractivity contribution in [1.82, 2.24) is 10.2 Å². The molecule has 0 bridgehead atoms. The van der Waals surface area contributed by atoms with Crippen molar-refractivity contribution in [3.63, 3.8) is 0 Å². The first-order valence-corrected chi connectivity index (χ1v) is 17.1. The number of aryl methyl sites for hydroxylation is 1. The zero-order valence-corrected chi connectivity index (χ0v) is 29.1. The molecule has 0 saturated heterocycles. The van der Waals surface area contributed by atoms with Crippen molar-refractivity contribution in [2.24, 2.45) is 0 Å². The van der Waals surface area contributed by atoms with Gasteiger partial charge in [0.15, 0.2) is 0 Å². The Morgan fingerprint density at radius 3 is 2.00 bits per heavy atom. The molecule has 4 aromatic carbocycles. The molecule has 242 valence electrons. The Morgan fingerprint density at radius 2 is 1.46 bits per heavy atom. The van der Waals surface area contributed by atoms with E-state index in [1.54, 1.807) is 30.3 Å². The van der Waals surface area contributed by atoms with E-state index in [0.717, 1.165) is 21.0 Å². The Morgan fingerprint density at radius 1 is 0.870 bits per heavy atom. The average molecular weight is 707 g/mol. The van der Waals surface area contributed by atoms with Crippen LogP contribution in [0.1, 0.15) is 37.5 Å². The van der Waals surface area contributed by atoms with E-state index < -0.39 is 34.1 Å². The fourth-order valence-electron chi connectivity index (χ4n) is 4.96. The van der Waals surface area contributed by atoms with Crippen molar-refractivity contribution in [3.05, 3.63) is 124 Å². The highest BCUT2D eigenvalue weighted by atomic mass is 79.9. The fraction of sp³-hybridized carbons (Fsp3) is 0.278. The zero-order valence-electron chi connectivity index (χ0n) is 26.7. The minimum absolute atomic E-state index is 0.0190. The van der Waals surface area contributed by atoms with Crippen LogP contribution >= 0.6 is 15.9 Å². The number of hydrogen-bond donors (Lipinski definition) is 1. The number of sulfonamides is 1. The van der Waals surface area contributed by atoms with E-state index in [4.69, 9.17) is 4.74 Å². The maximum atomic E-state index is 14.6. The molecule has 1 atom stereocenters. The molecule has 0 aliphatic rings. The molecule has 0 heterocycles. The fourth-order valence-corrected chi connectivity index (χ4v) is 7.09. The molecular weight excluding hydrogens is 666 g/mol. The highest BCUT2D eigenvalue weighted by molar-refractivity contribution is 9.10. The van der Waals surface area contributed by atoms with Crippen molar-refractivity contribution >= 4 is 43.5 Å². The highest BCUT2D eigenvalue weighted by Crippen LogP contribution is 2.31. The number of nitrogens with one attached hydrogen (secondary N) is 1. The number of ether oxygens (including phenoxy) is 1. The van der Waals surface area contributed by atoms with Crippen molar-refractivity contribution in [1.29, 1.82) is 0 Å². The van der Waals surface area contributed by atoms with Crippen LogP contribution in [0.25, 0.3) is 0 Å². The highest BCUT2D eigenvalue weighted by Gasteiger charge is 2.35. The Hall–Kier alpha value is -4.15. The van der Waals surface area contributed by atoms with Crippen LogP contribution in [-0.2, 0) is 32.6 Å². The first-order valence-electron chi connectivity index (χ1n) is 14.9. The summed E-state index contributed by atoms with van der Waals surface area (Å²) < 4.78 is 35.4. The summed E-state index contributed by atoms with van der Waals surface area (Å²) in [6.45, 7) is 7.12. The van der Waals surface area contributed by atoms with Gasteiger partial charge < -0.3 is 15.0 Å². The summed E-state index contributed by atoms with van der Waals surface area (Å²) in [5, 5.41) is 3.04. The minimum atomic E-state index is -4.25. The predicted octanol–water partition coefficient (Wildman–Crippen LogP) is 6.52. The van der Waals surface area contributed by atoms with Crippen LogP contribution in [0.3, 0.4) is 0 Å². The molecular formula is C36H40BrN3O5S. The van der Waals surface area contributed by atoms with Gasteiger partial charge in [0, 0.05) is 18.5 Å². The van der Waals surface area contributed by atoms with Gasteiger partial charge in [-0.3, -0.25) is 13.9 Å². The second-order valence-electron chi connectivity index (χ2n) is 12.1. The molecule has 0 unspecified atom stereocenters. The summed E-state index contributed by atoms with van der Waals surface area (Å²) >= 11 is 3.39. The number of hydrogen-bond acceptors (Lipinski definition) is 5. The number of benzene rings is 4. The van der Waals surface area contributed by atoms with E-state index in [1.807, 2.05) is 88.4 Å². The van der Waals surface area contributed by atoms with Crippen LogP contribution in [0.4, 0.5) is 5.69 Å². The molecule has 46 heavy (non-hydrogen) atoms. The Bertz CT molecular complexity index is 1740. The first-order chi connectivity index (χ1) is 21.8. The smallest absolute Gasteiger partial charge is 0.264 e. The van der Waals surface area contributed by atoms with Crippen LogP contribution in [0, 0.1) is 6.92 Å². The van der Waals surface area contributed by atoms with Gasteiger partial charge in [-0.15, -0.1) is 0 Å². The molecule has 10 heteroatoms. The molecule has 0 aromatic heterocycles. The van der Waals surface area contributed by atoms with E-state index in [1.165, 1.54) is 24.1 Å². The second-order valence-corrected chi connectivity index (χ2v) is 14.8. The minimum Gasteiger partial charge on any atom is -0.496 e.